The van der Waals surface area contributed by atoms with Crippen LogP contribution in [-0.4, -0.2) is 17.6 Å². The number of hydrogen-bond acceptors (Lipinski definition) is 3. The van der Waals surface area contributed by atoms with Crippen LogP contribution >= 0.6 is 11.3 Å². The maximum atomic E-state index is 4.29. The minimum atomic E-state index is 0.684. The molecule has 1 aromatic rings. The summed E-state index contributed by atoms with van der Waals surface area (Å²) in [6.07, 6.45) is 8.30. The second-order valence-electron chi connectivity index (χ2n) is 5.25. The normalized spacial score (nSPS) is 19.4. The van der Waals surface area contributed by atoms with Gasteiger partial charge in [0.2, 0.25) is 0 Å². The molecule has 1 atom stereocenters. The molecule has 1 fully saturated rings. The summed E-state index contributed by atoms with van der Waals surface area (Å²) in [5.74, 6) is 0.909. The molecule has 1 aromatic heterocycles. The van der Waals surface area contributed by atoms with Gasteiger partial charge in [0.25, 0.3) is 0 Å². The average molecular weight is 252 g/mol. The Bertz CT molecular complexity index is 329. The maximum Gasteiger partial charge on any atom is 0.0797 e. The molecule has 1 heterocycles. The quantitative estimate of drug-likeness (QED) is 0.867. The van der Waals surface area contributed by atoms with Crippen molar-refractivity contribution in [2.75, 3.05) is 6.54 Å². The summed E-state index contributed by atoms with van der Waals surface area (Å²) in [5.41, 5.74) is 3.16. The SMILES string of the molecule is Cc1ncsc1CCN[C@H](C)C1CCCCC1. The summed E-state index contributed by atoms with van der Waals surface area (Å²) in [6.45, 7) is 5.56. The largest absolute Gasteiger partial charge is 0.314 e. The minimum absolute atomic E-state index is 0.684. The molecule has 1 N–H and O–H groups in total. The van der Waals surface area contributed by atoms with Gasteiger partial charge in [0.05, 0.1) is 11.2 Å². The van der Waals surface area contributed by atoms with Gasteiger partial charge in [-0.3, -0.25) is 0 Å². The Morgan fingerprint density at radius 1 is 1.41 bits per heavy atom. The molecular formula is C14H24N2S. The van der Waals surface area contributed by atoms with Crippen molar-refractivity contribution in [1.29, 1.82) is 0 Å². The highest BCUT2D eigenvalue weighted by Crippen LogP contribution is 2.26. The van der Waals surface area contributed by atoms with Gasteiger partial charge in [0, 0.05) is 17.5 Å². The first-order valence-electron chi connectivity index (χ1n) is 6.89. The van der Waals surface area contributed by atoms with Crippen molar-refractivity contribution in [3.63, 3.8) is 0 Å². The highest BCUT2D eigenvalue weighted by molar-refractivity contribution is 7.09. The fourth-order valence-corrected chi connectivity index (χ4v) is 3.56. The highest BCUT2D eigenvalue weighted by Gasteiger charge is 2.19. The molecule has 3 heteroatoms. The van der Waals surface area contributed by atoms with Gasteiger partial charge in [-0.2, -0.15) is 0 Å². The van der Waals surface area contributed by atoms with Gasteiger partial charge in [0.15, 0.2) is 0 Å². The number of thiazole rings is 1. The number of nitrogens with zero attached hydrogens (tertiary/aromatic N) is 1. The van der Waals surface area contributed by atoms with Crippen LogP contribution in [0.4, 0.5) is 0 Å². The Balaban J connectivity index is 1.69. The van der Waals surface area contributed by atoms with Gasteiger partial charge in [-0.05, 0) is 39.0 Å². The monoisotopic (exact) mass is 252 g/mol. The number of nitrogens with one attached hydrogen (secondary N) is 1. The minimum Gasteiger partial charge on any atom is -0.314 e. The van der Waals surface area contributed by atoms with Crippen molar-refractivity contribution < 1.29 is 0 Å². The van der Waals surface area contributed by atoms with Crippen molar-refractivity contribution in [2.24, 2.45) is 5.92 Å². The van der Waals surface area contributed by atoms with E-state index in [0.29, 0.717) is 6.04 Å². The molecule has 17 heavy (non-hydrogen) atoms. The van der Waals surface area contributed by atoms with Crippen LogP contribution in [0.15, 0.2) is 5.51 Å². The third-order valence-electron chi connectivity index (χ3n) is 4.02. The lowest BCUT2D eigenvalue weighted by atomic mass is 9.84. The van der Waals surface area contributed by atoms with E-state index in [4.69, 9.17) is 0 Å². The molecule has 0 saturated heterocycles. The lowest BCUT2D eigenvalue weighted by Crippen LogP contribution is -2.35. The zero-order valence-electron chi connectivity index (χ0n) is 11.0. The summed E-state index contributed by atoms with van der Waals surface area (Å²) in [6, 6.07) is 0.684. The van der Waals surface area contributed by atoms with Gasteiger partial charge < -0.3 is 5.32 Å². The van der Waals surface area contributed by atoms with Gasteiger partial charge in [0.1, 0.15) is 0 Å². The predicted molar refractivity (Wildman–Crippen MR) is 74.6 cm³/mol. The predicted octanol–water partition coefficient (Wildman–Crippen LogP) is 3.55. The van der Waals surface area contributed by atoms with E-state index in [9.17, 15) is 0 Å². The van der Waals surface area contributed by atoms with Crippen molar-refractivity contribution >= 4 is 11.3 Å². The first-order chi connectivity index (χ1) is 8.27. The Kier molecular flexibility index (Phi) is 4.99. The zero-order chi connectivity index (χ0) is 12.1. The van der Waals surface area contributed by atoms with Gasteiger partial charge in [-0.1, -0.05) is 19.3 Å². The summed E-state index contributed by atoms with van der Waals surface area (Å²) < 4.78 is 0. The molecule has 0 radical (unpaired) electrons. The third kappa shape index (κ3) is 3.78. The number of aryl methyl sites for hydroxylation is 1. The average Bonchev–Trinajstić information content (AvgIpc) is 2.76. The molecule has 1 aliphatic rings. The molecule has 1 saturated carbocycles. The smallest absolute Gasteiger partial charge is 0.0797 e. The Morgan fingerprint density at radius 3 is 2.82 bits per heavy atom. The van der Waals surface area contributed by atoms with Gasteiger partial charge in [-0.15, -0.1) is 11.3 Å². The van der Waals surface area contributed by atoms with E-state index in [1.807, 2.05) is 5.51 Å². The van der Waals surface area contributed by atoms with Crippen molar-refractivity contribution in [3.8, 4) is 0 Å². The van der Waals surface area contributed by atoms with Crippen molar-refractivity contribution in [1.82, 2.24) is 10.3 Å². The Labute approximate surface area is 109 Å². The molecule has 0 aromatic carbocycles. The Morgan fingerprint density at radius 2 is 2.18 bits per heavy atom. The summed E-state index contributed by atoms with van der Waals surface area (Å²) in [4.78, 5) is 5.73. The standard InChI is InChI=1S/C14H24N2S/c1-11(13-6-4-3-5-7-13)15-9-8-14-12(2)16-10-17-14/h10-11,13,15H,3-9H2,1-2H3/t11-/m1/s1. The van der Waals surface area contributed by atoms with E-state index in [2.05, 4.69) is 24.1 Å². The third-order valence-corrected chi connectivity index (χ3v) is 5.02. The van der Waals surface area contributed by atoms with Crippen molar-refractivity contribution in [3.05, 3.63) is 16.1 Å². The van der Waals surface area contributed by atoms with Gasteiger partial charge in [-0.25, -0.2) is 4.98 Å². The second kappa shape index (κ2) is 6.50. The molecule has 1 aliphatic carbocycles. The van der Waals surface area contributed by atoms with E-state index in [-0.39, 0.29) is 0 Å². The van der Waals surface area contributed by atoms with E-state index >= 15 is 0 Å². The van der Waals surface area contributed by atoms with Crippen LogP contribution in [0.1, 0.15) is 49.6 Å². The molecule has 96 valence electrons. The highest BCUT2D eigenvalue weighted by atomic mass is 32.1. The first kappa shape index (κ1) is 13.0. The molecule has 0 bridgehead atoms. The zero-order valence-corrected chi connectivity index (χ0v) is 11.9. The van der Waals surface area contributed by atoms with E-state index < -0.39 is 0 Å². The van der Waals surface area contributed by atoms with Crippen LogP contribution in [0.2, 0.25) is 0 Å². The van der Waals surface area contributed by atoms with Crippen LogP contribution in [0.3, 0.4) is 0 Å². The fraction of sp³-hybridized carbons (Fsp3) is 0.786. The van der Waals surface area contributed by atoms with E-state index in [1.165, 1.54) is 42.7 Å². The van der Waals surface area contributed by atoms with Crippen LogP contribution in [0, 0.1) is 12.8 Å². The summed E-state index contributed by atoms with van der Waals surface area (Å²) >= 11 is 1.79. The maximum absolute atomic E-state index is 4.29. The van der Waals surface area contributed by atoms with Crippen LogP contribution in [0.25, 0.3) is 0 Å². The second-order valence-corrected chi connectivity index (χ2v) is 6.19. The van der Waals surface area contributed by atoms with Crippen LogP contribution in [0.5, 0.6) is 0 Å². The molecule has 2 rings (SSSR count). The van der Waals surface area contributed by atoms with Crippen LogP contribution in [-0.2, 0) is 6.42 Å². The molecule has 0 amide bonds. The molecule has 0 unspecified atom stereocenters. The van der Waals surface area contributed by atoms with E-state index in [1.54, 1.807) is 11.3 Å². The van der Waals surface area contributed by atoms with E-state index in [0.717, 1.165) is 18.9 Å². The lowest BCUT2D eigenvalue weighted by Gasteiger charge is -2.28. The van der Waals surface area contributed by atoms with Gasteiger partial charge >= 0.3 is 0 Å². The Hall–Kier alpha value is -0.410. The number of hydrogen-bond donors (Lipinski definition) is 1. The fourth-order valence-electron chi connectivity index (χ4n) is 2.78. The topological polar surface area (TPSA) is 24.9 Å². The van der Waals surface area contributed by atoms with Crippen molar-refractivity contribution in [2.45, 2.75) is 58.4 Å². The molecule has 0 aliphatic heterocycles. The number of aromatic nitrogens is 1. The molecular weight excluding hydrogens is 228 g/mol. The van der Waals surface area contributed by atoms with Crippen LogP contribution < -0.4 is 5.32 Å². The molecule has 2 nitrogen and oxygen atoms in total. The first-order valence-corrected chi connectivity index (χ1v) is 7.77. The molecule has 0 spiro atoms. The summed E-state index contributed by atoms with van der Waals surface area (Å²) in [5, 5.41) is 3.70. The summed E-state index contributed by atoms with van der Waals surface area (Å²) in [7, 11) is 0. The lowest BCUT2D eigenvalue weighted by molar-refractivity contribution is 0.283. The number of rotatable bonds is 5.